The molecule has 0 aliphatic carbocycles. The minimum Gasteiger partial charge on any atom is -0.466 e. The summed E-state index contributed by atoms with van der Waals surface area (Å²) in [5.74, 6) is -2.50. The molecule has 1 N–H and O–H groups in total. The number of esters is 2. The Morgan fingerprint density at radius 2 is 2.00 bits per heavy atom. The number of amides is 1. The highest BCUT2D eigenvalue weighted by molar-refractivity contribution is 8.18. The molecule has 1 aliphatic heterocycles. The molecule has 0 bridgehead atoms. The van der Waals surface area contributed by atoms with Crippen molar-refractivity contribution in [2.24, 2.45) is 10.2 Å². The van der Waals surface area contributed by atoms with Crippen molar-refractivity contribution in [2.75, 3.05) is 7.11 Å². The van der Waals surface area contributed by atoms with Gasteiger partial charge in [0.15, 0.2) is 5.17 Å². The fraction of sp³-hybridized carbons (Fsp3) is 0.278. The molecule has 0 spiro atoms. The topological polar surface area (TPSA) is 106 Å². The summed E-state index contributed by atoms with van der Waals surface area (Å²) in [6.45, 7) is 5.15. The second-order valence-corrected chi connectivity index (χ2v) is 7.51. The number of hydrogen-bond donors (Lipinski definition) is 1. The maximum atomic E-state index is 14.2. The lowest BCUT2D eigenvalue weighted by Crippen LogP contribution is -2.24. The van der Waals surface area contributed by atoms with E-state index in [1.165, 1.54) is 19.2 Å². The molecule has 2 rings (SSSR count). The van der Waals surface area contributed by atoms with E-state index < -0.39 is 29.3 Å². The van der Waals surface area contributed by atoms with Gasteiger partial charge in [-0.25, -0.2) is 14.0 Å². The van der Waals surface area contributed by atoms with Crippen molar-refractivity contribution in [3.63, 3.8) is 0 Å². The number of methoxy groups -OCH3 is 1. The van der Waals surface area contributed by atoms with Gasteiger partial charge in [0.05, 0.1) is 23.8 Å². The standard InChI is InChI=1S/C18H18FN3O5S/c1-18(2,3)27-16(25)10-5-6-11(12(19)7-10)9-20-22-17-21-15(24)13(28-17)8-14(23)26-4/h5-9H,1-4H3,(H,21,22,24)/b13-8+,20-9?. The van der Waals surface area contributed by atoms with Gasteiger partial charge in [0, 0.05) is 11.6 Å². The lowest BCUT2D eigenvalue weighted by atomic mass is 10.1. The molecule has 0 radical (unpaired) electrons. The molecule has 28 heavy (non-hydrogen) atoms. The molecule has 1 fully saturated rings. The molecule has 0 unspecified atom stereocenters. The van der Waals surface area contributed by atoms with Crippen molar-refractivity contribution in [1.82, 2.24) is 5.32 Å². The van der Waals surface area contributed by atoms with Gasteiger partial charge in [0.1, 0.15) is 11.4 Å². The van der Waals surface area contributed by atoms with Crippen LogP contribution in [0.5, 0.6) is 0 Å². The van der Waals surface area contributed by atoms with Crippen LogP contribution >= 0.6 is 11.8 Å². The summed E-state index contributed by atoms with van der Waals surface area (Å²) in [5.41, 5.74) is -0.516. The Bertz CT molecular complexity index is 903. The fourth-order valence-electron chi connectivity index (χ4n) is 1.88. The van der Waals surface area contributed by atoms with Crippen molar-refractivity contribution >= 4 is 41.0 Å². The summed E-state index contributed by atoms with van der Waals surface area (Å²) >= 11 is 0.894. The number of nitrogens with zero attached hydrogens (tertiary/aromatic N) is 2. The second-order valence-electron chi connectivity index (χ2n) is 6.48. The van der Waals surface area contributed by atoms with E-state index in [1.54, 1.807) is 20.8 Å². The third-order valence-electron chi connectivity index (χ3n) is 3.08. The van der Waals surface area contributed by atoms with Crippen LogP contribution in [-0.2, 0) is 19.1 Å². The average Bonchev–Trinajstić information content (AvgIpc) is 2.94. The first kappa shape index (κ1) is 21.3. The second kappa shape index (κ2) is 8.79. The van der Waals surface area contributed by atoms with Gasteiger partial charge in [-0.05, 0) is 50.7 Å². The van der Waals surface area contributed by atoms with Gasteiger partial charge in [-0.3, -0.25) is 10.1 Å². The predicted molar refractivity (Wildman–Crippen MR) is 102 cm³/mol. The molecule has 0 saturated carbocycles. The number of nitrogens with one attached hydrogen (secondary N) is 1. The number of carbonyl (C=O) groups excluding carboxylic acids is 3. The summed E-state index contributed by atoms with van der Waals surface area (Å²) < 4.78 is 23.8. The number of ether oxygens (including phenoxy) is 2. The Morgan fingerprint density at radius 3 is 2.61 bits per heavy atom. The van der Waals surface area contributed by atoms with E-state index in [0.717, 1.165) is 30.1 Å². The quantitative estimate of drug-likeness (QED) is 0.356. The molecule has 1 saturated heterocycles. The molecule has 1 aliphatic rings. The van der Waals surface area contributed by atoms with Crippen molar-refractivity contribution in [2.45, 2.75) is 26.4 Å². The van der Waals surface area contributed by atoms with Crippen LogP contribution in [0.2, 0.25) is 0 Å². The number of thioether (sulfide) groups is 1. The van der Waals surface area contributed by atoms with Gasteiger partial charge in [0.25, 0.3) is 5.91 Å². The van der Waals surface area contributed by atoms with Crippen molar-refractivity contribution in [3.8, 4) is 0 Å². The fourth-order valence-corrected chi connectivity index (χ4v) is 2.62. The average molecular weight is 407 g/mol. The predicted octanol–water partition coefficient (Wildman–Crippen LogP) is 2.39. The van der Waals surface area contributed by atoms with Gasteiger partial charge in [-0.1, -0.05) is 0 Å². The minimum atomic E-state index is -0.686. The molecule has 10 heteroatoms. The number of carbonyl (C=O) groups is 3. The SMILES string of the molecule is COC(=O)/C=C1/S/C(=N\N=Cc2ccc(C(=O)OC(C)(C)C)cc2F)NC1=O. The van der Waals surface area contributed by atoms with E-state index in [9.17, 15) is 18.8 Å². The van der Waals surface area contributed by atoms with Crippen LogP contribution in [0.1, 0.15) is 36.7 Å². The number of rotatable bonds is 4. The van der Waals surface area contributed by atoms with Crippen LogP contribution in [-0.4, -0.2) is 41.9 Å². The van der Waals surface area contributed by atoms with Crippen LogP contribution in [0.4, 0.5) is 4.39 Å². The Kier molecular flexibility index (Phi) is 6.68. The van der Waals surface area contributed by atoms with E-state index in [-0.39, 0.29) is 21.2 Å². The summed E-state index contributed by atoms with van der Waals surface area (Å²) in [7, 11) is 1.19. The molecular formula is C18H18FN3O5S. The van der Waals surface area contributed by atoms with Gasteiger partial charge >= 0.3 is 11.9 Å². The van der Waals surface area contributed by atoms with E-state index in [1.807, 2.05) is 0 Å². The highest BCUT2D eigenvalue weighted by atomic mass is 32.2. The molecule has 1 aromatic rings. The first-order valence-corrected chi connectivity index (χ1v) is 8.83. The van der Waals surface area contributed by atoms with Crippen molar-refractivity contribution in [1.29, 1.82) is 0 Å². The molecule has 0 aromatic heterocycles. The van der Waals surface area contributed by atoms with E-state index in [4.69, 9.17) is 4.74 Å². The lowest BCUT2D eigenvalue weighted by Gasteiger charge is -2.19. The smallest absolute Gasteiger partial charge is 0.338 e. The van der Waals surface area contributed by atoms with Crippen LogP contribution in [0.25, 0.3) is 0 Å². The van der Waals surface area contributed by atoms with Crippen molar-refractivity contribution < 1.29 is 28.2 Å². The number of halogens is 1. The number of benzene rings is 1. The third-order valence-corrected chi connectivity index (χ3v) is 3.98. The highest BCUT2D eigenvalue weighted by Crippen LogP contribution is 2.23. The Labute approximate surface area is 164 Å². The normalized spacial score (nSPS) is 17.2. The Balaban J connectivity index is 2.08. The molecule has 1 heterocycles. The summed E-state index contributed by atoms with van der Waals surface area (Å²) in [4.78, 5) is 34.9. The van der Waals surface area contributed by atoms with E-state index >= 15 is 0 Å². The maximum Gasteiger partial charge on any atom is 0.338 e. The number of hydrogen-bond acceptors (Lipinski definition) is 8. The van der Waals surface area contributed by atoms with E-state index in [2.05, 4.69) is 20.3 Å². The lowest BCUT2D eigenvalue weighted by molar-refractivity contribution is -0.135. The molecular weight excluding hydrogens is 389 g/mol. The zero-order valence-corrected chi connectivity index (χ0v) is 16.4. The zero-order valence-electron chi connectivity index (χ0n) is 15.6. The van der Waals surface area contributed by atoms with Crippen LogP contribution in [0.15, 0.2) is 39.4 Å². The molecule has 0 atom stereocenters. The van der Waals surface area contributed by atoms with Crippen LogP contribution < -0.4 is 5.32 Å². The third kappa shape index (κ3) is 6.02. The Morgan fingerprint density at radius 1 is 1.29 bits per heavy atom. The van der Waals surface area contributed by atoms with Crippen LogP contribution in [0, 0.1) is 5.82 Å². The minimum absolute atomic E-state index is 0.0760. The van der Waals surface area contributed by atoms with Gasteiger partial charge < -0.3 is 9.47 Å². The largest absolute Gasteiger partial charge is 0.466 e. The summed E-state index contributed by atoms with van der Waals surface area (Å²) in [6.07, 6.45) is 2.16. The molecule has 148 valence electrons. The summed E-state index contributed by atoms with van der Waals surface area (Å²) in [5, 5.41) is 10.0. The van der Waals surface area contributed by atoms with Crippen molar-refractivity contribution in [3.05, 3.63) is 46.1 Å². The zero-order chi connectivity index (χ0) is 20.9. The van der Waals surface area contributed by atoms with Crippen LogP contribution in [0.3, 0.4) is 0 Å². The van der Waals surface area contributed by atoms with Gasteiger partial charge in [-0.2, -0.15) is 5.10 Å². The molecule has 1 aromatic carbocycles. The monoisotopic (exact) mass is 407 g/mol. The Hall–Kier alpha value is -3.01. The van der Waals surface area contributed by atoms with Gasteiger partial charge in [-0.15, -0.1) is 5.10 Å². The molecule has 1 amide bonds. The first-order valence-electron chi connectivity index (χ1n) is 8.02. The first-order chi connectivity index (χ1) is 13.1. The molecule has 8 nitrogen and oxygen atoms in total. The van der Waals surface area contributed by atoms with Gasteiger partial charge in [0.2, 0.25) is 0 Å². The highest BCUT2D eigenvalue weighted by Gasteiger charge is 2.25. The summed E-state index contributed by atoms with van der Waals surface area (Å²) in [6, 6.07) is 3.82. The maximum absolute atomic E-state index is 14.2. The van der Waals surface area contributed by atoms with E-state index in [0.29, 0.717) is 0 Å². The number of amidine groups is 1.